The number of esters is 1. The van der Waals surface area contributed by atoms with Gasteiger partial charge in [-0.25, -0.2) is 4.79 Å². The lowest BCUT2D eigenvalue weighted by atomic mass is 10.2. The van der Waals surface area contributed by atoms with Crippen LogP contribution in [0.2, 0.25) is 0 Å². The lowest BCUT2D eigenvalue weighted by Crippen LogP contribution is -2.49. The Kier molecular flexibility index (Phi) is 6.19. The maximum atomic E-state index is 12.6. The Hall–Kier alpha value is -2.60. The maximum absolute atomic E-state index is 12.6. The van der Waals surface area contributed by atoms with Gasteiger partial charge in [0, 0.05) is 31.0 Å². The summed E-state index contributed by atoms with van der Waals surface area (Å²) in [5.74, 6) is -0.649. The van der Waals surface area contributed by atoms with Crippen LogP contribution in [0.15, 0.2) is 36.4 Å². The molecule has 3 rings (SSSR count). The molecule has 1 aliphatic rings. The summed E-state index contributed by atoms with van der Waals surface area (Å²) >= 11 is 0. The summed E-state index contributed by atoms with van der Waals surface area (Å²) in [4.78, 5) is 26.7. The van der Waals surface area contributed by atoms with Crippen LogP contribution in [0, 0.1) is 13.8 Å². The molecule has 0 radical (unpaired) electrons. The van der Waals surface area contributed by atoms with Crippen molar-refractivity contribution in [2.24, 2.45) is 0 Å². The number of amides is 1. The van der Waals surface area contributed by atoms with E-state index in [1.54, 1.807) is 4.90 Å². The first-order valence-corrected chi connectivity index (χ1v) is 9.66. The zero-order valence-electron chi connectivity index (χ0n) is 17.0. The van der Waals surface area contributed by atoms with Gasteiger partial charge in [-0.3, -0.25) is 4.79 Å². The molecule has 0 aliphatic carbocycles. The second kappa shape index (κ2) is 8.61. The van der Waals surface area contributed by atoms with E-state index in [0.29, 0.717) is 25.2 Å². The highest BCUT2D eigenvalue weighted by atomic mass is 16.5. The summed E-state index contributed by atoms with van der Waals surface area (Å²) in [6.45, 7) is 9.22. The van der Waals surface area contributed by atoms with E-state index in [1.165, 1.54) is 0 Å². The summed E-state index contributed by atoms with van der Waals surface area (Å²) in [6, 6.07) is 11.9. The Morgan fingerprint density at radius 3 is 2.39 bits per heavy atom. The molecule has 1 aromatic carbocycles. The minimum Gasteiger partial charge on any atom is -0.452 e. The summed E-state index contributed by atoms with van der Waals surface area (Å²) in [7, 11) is 0. The summed E-state index contributed by atoms with van der Waals surface area (Å²) in [5, 5.41) is 0. The molecule has 2 atom stereocenters. The quantitative estimate of drug-likeness (QED) is 0.744. The van der Waals surface area contributed by atoms with Crippen LogP contribution >= 0.6 is 0 Å². The summed E-state index contributed by atoms with van der Waals surface area (Å²) in [6.07, 6.45) is -0.0272. The van der Waals surface area contributed by atoms with Gasteiger partial charge in [-0.1, -0.05) is 30.3 Å². The molecule has 0 saturated carbocycles. The third-order valence-corrected chi connectivity index (χ3v) is 5.08. The molecule has 0 N–H and O–H groups in total. The minimum atomic E-state index is -0.463. The Morgan fingerprint density at radius 2 is 1.75 bits per heavy atom. The van der Waals surface area contributed by atoms with Gasteiger partial charge in [-0.2, -0.15) is 0 Å². The second-order valence-electron chi connectivity index (χ2n) is 7.49. The molecule has 6 heteroatoms. The van der Waals surface area contributed by atoms with E-state index in [-0.39, 0.29) is 24.7 Å². The van der Waals surface area contributed by atoms with Gasteiger partial charge in [0.15, 0.2) is 6.61 Å². The molecule has 2 heterocycles. The van der Waals surface area contributed by atoms with Crippen LogP contribution in [0.4, 0.5) is 0 Å². The van der Waals surface area contributed by atoms with Gasteiger partial charge >= 0.3 is 5.97 Å². The fourth-order valence-corrected chi connectivity index (χ4v) is 3.69. The van der Waals surface area contributed by atoms with E-state index >= 15 is 0 Å². The zero-order valence-corrected chi connectivity index (χ0v) is 17.0. The zero-order chi connectivity index (χ0) is 20.3. The molecule has 1 aliphatic heterocycles. The molecule has 0 spiro atoms. The highest BCUT2D eigenvalue weighted by molar-refractivity contribution is 5.92. The highest BCUT2D eigenvalue weighted by Gasteiger charge is 2.27. The molecule has 28 heavy (non-hydrogen) atoms. The molecule has 0 bridgehead atoms. The van der Waals surface area contributed by atoms with Gasteiger partial charge in [0.25, 0.3) is 5.91 Å². The van der Waals surface area contributed by atoms with Crippen molar-refractivity contribution in [1.82, 2.24) is 9.47 Å². The molecule has 1 fully saturated rings. The normalized spacial score (nSPS) is 19.5. The number of hydrogen-bond donors (Lipinski definition) is 0. The fourth-order valence-electron chi connectivity index (χ4n) is 3.69. The maximum Gasteiger partial charge on any atom is 0.340 e. The SMILES string of the molecule is Cc1cc(C(=O)OCC(=O)N2C[C@@H](C)O[C@H](C)C2)c(C)n1Cc1ccccc1. The number of aromatic nitrogens is 1. The smallest absolute Gasteiger partial charge is 0.340 e. The monoisotopic (exact) mass is 384 g/mol. The third-order valence-electron chi connectivity index (χ3n) is 5.08. The van der Waals surface area contributed by atoms with Gasteiger partial charge in [-0.05, 0) is 39.3 Å². The van der Waals surface area contributed by atoms with Crippen LogP contribution in [0.3, 0.4) is 0 Å². The predicted octanol–water partition coefficient (Wildman–Crippen LogP) is 2.95. The van der Waals surface area contributed by atoms with Crippen LogP contribution in [0.5, 0.6) is 0 Å². The van der Waals surface area contributed by atoms with Crippen LogP contribution < -0.4 is 0 Å². The number of carbonyl (C=O) groups is 2. The second-order valence-corrected chi connectivity index (χ2v) is 7.49. The lowest BCUT2D eigenvalue weighted by Gasteiger charge is -2.35. The number of ether oxygens (including phenoxy) is 2. The number of nitrogens with zero attached hydrogens (tertiary/aromatic N) is 2. The summed E-state index contributed by atoms with van der Waals surface area (Å²) < 4.78 is 13.0. The Labute approximate surface area is 166 Å². The minimum absolute atomic E-state index is 0.0136. The third kappa shape index (κ3) is 4.62. The molecule has 1 amide bonds. The molecule has 1 saturated heterocycles. The van der Waals surface area contributed by atoms with Crippen molar-refractivity contribution in [3.05, 3.63) is 58.9 Å². The Morgan fingerprint density at radius 1 is 1.11 bits per heavy atom. The van der Waals surface area contributed by atoms with E-state index in [4.69, 9.17) is 9.47 Å². The Bertz CT molecular complexity index is 834. The standard InChI is InChI=1S/C22H28N2O4/c1-15-10-20(18(4)24(15)13-19-8-6-5-7-9-19)22(26)27-14-21(25)23-11-16(2)28-17(3)12-23/h5-10,16-17H,11-14H2,1-4H3/t16-,17-/m1/s1. The largest absolute Gasteiger partial charge is 0.452 e. The van der Waals surface area contributed by atoms with Crippen LogP contribution in [-0.2, 0) is 20.8 Å². The van der Waals surface area contributed by atoms with Crippen molar-refractivity contribution in [3.8, 4) is 0 Å². The molecule has 150 valence electrons. The first-order chi connectivity index (χ1) is 13.3. The number of morpholine rings is 1. The fraction of sp³-hybridized carbons (Fsp3) is 0.455. The highest BCUT2D eigenvalue weighted by Crippen LogP contribution is 2.18. The van der Waals surface area contributed by atoms with Crippen LogP contribution in [0.1, 0.15) is 41.2 Å². The Balaban J connectivity index is 1.63. The predicted molar refractivity (Wildman–Crippen MR) is 106 cm³/mol. The molecular weight excluding hydrogens is 356 g/mol. The van der Waals surface area contributed by atoms with E-state index < -0.39 is 5.97 Å². The van der Waals surface area contributed by atoms with Gasteiger partial charge in [-0.15, -0.1) is 0 Å². The van der Waals surface area contributed by atoms with Crippen molar-refractivity contribution >= 4 is 11.9 Å². The van der Waals surface area contributed by atoms with E-state index in [1.807, 2.05) is 52.0 Å². The van der Waals surface area contributed by atoms with Crippen molar-refractivity contribution in [1.29, 1.82) is 0 Å². The molecular formula is C22H28N2O4. The van der Waals surface area contributed by atoms with Crippen molar-refractivity contribution < 1.29 is 19.1 Å². The number of aryl methyl sites for hydroxylation is 1. The van der Waals surface area contributed by atoms with Crippen molar-refractivity contribution in [2.45, 2.75) is 46.4 Å². The van der Waals surface area contributed by atoms with Gasteiger partial charge in [0.05, 0.1) is 17.8 Å². The molecule has 1 aromatic heterocycles. The average molecular weight is 384 g/mol. The molecule has 6 nitrogen and oxygen atoms in total. The number of benzene rings is 1. The number of carbonyl (C=O) groups excluding carboxylic acids is 2. The van der Waals surface area contributed by atoms with E-state index in [2.05, 4.69) is 16.7 Å². The molecule has 0 unspecified atom stereocenters. The van der Waals surface area contributed by atoms with E-state index in [9.17, 15) is 9.59 Å². The average Bonchev–Trinajstić information content (AvgIpc) is 2.94. The van der Waals surface area contributed by atoms with E-state index in [0.717, 1.165) is 17.0 Å². The van der Waals surface area contributed by atoms with Gasteiger partial charge in [0.2, 0.25) is 0 Å². The summed E-state index contributed by atoms with van der Waals surface area (Å²) in [5.41, 5.74) is 3.49. The lowest BCUT2D eigenvalue weighted by molar-refractivity contribution is -0.146. The van der Waals surface area contributed by atoms with Crippen molar-refractivity contribution in [2.75, 3.05) is 19.7 Å². The topological polar surface area (TPSA) is 60.8 Å². The van der Waals surface area contributed by atoms with Gasteiger partial charge in [0.1, 0.15) is 0 Å². The number of rotatable bonds is 5. The first kappa shape index (κ1) is 20.1. The van der Waals surface area contributed by atoms with Crippen LogP contribution in [0.25, 0.3) is 0 Å². The molecule has 2 aromatic rings. The first-order valence-electron chi connectivity index (χ1n) is 9.66. The van der Waals surface area contributed by atoms with Gasteiger partial charge < -0.3 is 18.9 Å². The number of hydrogen-bond acceptors (Lipinski definition) is 4. The van der Waals surface area contributed by atoms with Crippen molar-refractivity contribution in [3.63, 3.8) is 0 Å². The van der Waals surface area contributed by atoms with Crippen LogP contribution in [-0.4, -0.2) is 53.2 Å².